The van der Waals surface area contributed by atoms with Crippen molar-refractivity contribution < 1.29 is 0 Å². The van der Waals surface area contributed by atoms with E-state index in [1.54, 1.807) is 22.5 Å². The fourth-order valence-electron chi connectivity index (χ4n) is 0.177. The van der Waals surface area contributed by atoms with Crippen molar-refractivity contribution in [3.8, 4) is 0 Å². The zero-order chi connectivity index (χ0) is 4.12. The van der Waals surface area contributed by atoms with Crippen molar-refractivity contribution in [2.45, 2.75) is 24.2 Å². The summed E-state index contributed by atoms with van der Waals surface area (Å²) in [4.78, 5) is 0. The maximum absolute atomic E-state index is 2.23. The van der Waals surface area contributed by atoms with Crippen LogP contribution in [0.1, 0.15) is 19.8 Å². The third kappa shape index (κ3) is 4.80. The van der Waals surface area contributed by atoms with Gasteiger partial charge in [0.05, 0.1) is 0 Å². The van der Waals surface area contributed by atoms with E-state index in [0.717, 1.165) is 0 Å². The molecule has 0 saturated heterocycles. The Morgan fingerprint density at radius 2 is 2.20 bits per heavy atom. The summed E-state index contributed by atoms with van der Waals surface area (Å²) in [5, 5.41) is 0. The number of unbranched alkanes of at least 4 members (excludes halogenated alkanes) is 1. The van der Waals surface area contributed by atoms with Crippen molar-refractivity contribution in [1.82, 2.24) is 0 Å². The second-order valence-electron chi connectivity index (χ2n) is 1.10. The van der Waals surface area contributed by atoms with Crippen molar-refractivity contribution in [2.75, 3.05) is 0 Å². The van der Waals surface area contributed by atoms with Crippen LogP contribution in [-0.4, -0.2) is 22.5 Å². The van der Waals surface area contributed by atoms with E-state index in [-0.39, 0.29) is 0 Å². The average molecular weight is 176 g/mol. The fourth-order valence-corrected chi connectivity index (χ4v) is 1.19. The van der Waals surface area contributed by atoms with Gasteiger partial charge in [-0.2, -0.15) is 0 Å². The minimum atomic E-state index is 1.37. The molecule has 0 saturated carbocycles. The maximum atomic E-state index is 2.23. The van der Waals surface area contributed by atoms with Crippen LogP contribution in [0.25, 0.3) is 0 Å². The van der Waals surface area contributed by atoms with Gasteiger partial charge in [0.1, 0.15) is 0 Å². The Morgan fingerprint density at radius 1 is 1.60 bits per heavy atom. The molecule has 0 rings (SSSR count). The summed E-state index contributed by atoms with van der Waals surface area (Å²) in [6, 6.07) is 0. The molecule has 0 spiro atoms. The Morgan fingerprint density at radius 3 is 2.20 bits per heavy atom. The van der Waals surface area contributed by atoms with Crippen LogP contribution in [0.5, 0.6) is 0 Å². The molecule has 0 fully saturated rings. The molecule has 0 unspecified atom stereocenters. The van der Waals surface area contributed by atoms with Crippen LogP contribution in [0, 0.1) is 0 Å². The average Bonchev–Trinajstić information content (AvgIpc) is 1.41. The first-order valence-electron chi connectivity index (χ1n) is 2.06. The standard InChI is InChI=1S/C4H9.Sn/c1-3-4-2;/h1,3-4H2,2H3;/q;+3. The quantitative estimate of drug-likeness (QED) is 0.557. The van der Waals surface area contributed by atoms with Crippen LogP contribution in [0.4, 0.5) is 0 Å². The predicted molar refractivity (Wildman–Crippen MR) is 25.5 cm³/mol. The summed E-state index contributed by atoms with van der Waals surface area (Å²) in [5.74, 6) is 0. The van der Waals surface area contributed by atoms with Gasteiger partial charge >= 0.3 is 46.7 Å². The molecule has 0 bridgehead atoms. The van der Waals surface area contributed by atoms with E-state index in [1.807, 2.05) is 0 Å². The van der Waals surface area contributed by atoms with Gasteiger partial charge in [0.25, 0.3) is 0 Å². The van der Waals surface area contributed by atoms with E-state index < -0.39 is 0 Å². The van der Waals surface area contributed by atoms with Crippen LogP contribution < -0.4 is 0 Å². The molecule has 0 atom stereocenters. The Bertz CT molecular complexity index is 11.1. The molecular weight excluding hydrogens is 167 g/mol. The molecule has 0 aliphatic carbocycles. The molecule has 0 nitrogen and oxygen atoms in total. The summed E-state index contributed by atoms with van der Waals surface area (Å²) < 4.78 is 1.43. The minimum absolute atomic E-state index is 1.37. The van der Waals surface area contributed by atoms with Crippen molar-refractivity contribution >= 4 is 22.5 Å². The third-order valence-electron chi connectivity index (χ3n) is 0.530. The van der Waals surface area contributed by atoms with Crippen molar-refractivity contribution in [3.05, 3.63) is 0 Å². The summed E-state index contributed by atoms with van der Waals surface area (Å²) >= 11 is 1.68. The van der Waals surface area contributed by atoms with Crippen LogP contribution in [0.3, 0.4) is 0 Å². The zero-order valence-corrected chi connectivity index (χ0v) is 6.48. The van der Waals surface area contributed by atoms with E-state index in [2.05, 4.69) is 6.92 Å². The molecule has 0 aliphatic rings. The fraction of sp³-hybridized carbons (Fsp3) is 1.00. The van der Waals surface area contributed by atoms with Crippen molar-refractivity contribution in [3.63, 3.8) is 0 Å². The van der Waals surface area contributed by atoms with Gasteiger partial charge in [-0.1, -0.05) is 0 Å². The summed E-state index contributed by atoms with van der Waals surface area (Å²) in [5.41, 5.74) is 0. The Kier molecular flexibility index (Phi) is 5.57. The van der Waals surface area contributed by atoms with Crippen LogP contribution in [0.15, 0.2) is 0 Å². The van der Waals surface area contributed by atoms with Gasteiger partial charge < -0.3 is 0 Å². The Hall–Kier alpha value is 0.799. The molecule has 0 aromatic carbocycles. The molecular formula is C4H9Sn+3. The van der Waals surface area contributed by atoms with Gasteiger partial charge in [0.2, 0.25) is 0 Å². The Balaban J connectivity index is 2.19. The number of rotatable bonds is 2. The van der Waals surface area contributed by atoms with Crippen molar-refractivity contribution in [2.24, 2.45) is 0 Å². The first-order valence-corrected chi connectivity index (χ1v) is 4.08. The Labute approximate surface area is 47.0 Å². The molecule has 0 N–H and O–H groups in total. The first kappa shape index (κ1) is 5.80. The van der Waals surface area contributed by atoms with Crippen LogP contribution in [-0.2, 0) is 0 Å². The summed E-state index contributed by atoms with van der Waals surface area (Å²) in [6.45, 7) is 2.23. The predicted octanol–water partition coefficient (Wildman–Crippen LogP) is 1.37. The molecule has 1 heteroatoms. The second-order valence-corrected chi connectivity index (χ2v) is 2.53. The van der Waals surface area contributed by atoms with Gasteiger partial charge in [-0.05, 0) is 0 Å². The topological polar surface area (TPSA) is 0 Å². The molecule has 0 aromatic heterocycles. The SMILES string of the molecule is CCC[CH2][Sn+3]. The normalized spacial score (nSPS) is 8.60. The summed E-state index contributed by atoms with van der Waals surface area (Å²) in [6.07, 6.45) is 2.80. The molecule has 0 aliphatic heterocycles. The molecule has 0 amide bonds. The van der Waals surface area contributed by atoms with E-state index in [1.165, 1.54) is 17.3 Å². The van der Waals surface area contributed by atoms with Gasteiger partial charge in [0, 0.05) is 0 Å². The van der Waals surface area contributed by atoms with Gasteiger partial charge in [-0.25, -0.2) is 0 Å². The van der Waals surface area contributed by atoms with Gasteiger partial charge in [-0.3, -0.25) is 0 Å². The third-order valence-corrected chi connectivity index (χ3v) is 1.54. The molecule has 5 heavy (non-hydrogen) atoms. The molecule has 0 heterocycles. The van der Waals surface area contributed by atoms with Crippen LogP contribution in [0.2, 0.25) is 4.44 Å². The molecule has 0 aromatic rings. The second kappa shape index (κ2) is 4.80. The van der Waals surface area contributed by atoms with Crippen molar-refractivity contribution in [1.29, 1.82) is 0 Å². The van der Waals surface area contributed by atoms with Gasteiger partial charge in [-0.15, -0.1) is 0 Å². The van der Waals surface area contributed by atoms with E-state index in [9.17, 15) is 0 Å². The van der Waals surface area contributed by atoms with Gasteiger partial charge in [0.15, 0.2) is 0 Å². The number of hydrogen-bond acceptors (Lipinski definition) is 0. The monoisotopic (exact) mass is 177 g/mol. The summed E-state index contributed by atoms with van der Waals surface area (Å²) in [7, 11) is 0. The van der Waals surface area contributed by atoms with E-state index >= 15 is 0 Å². The zero-order valence-electron chi connectivity index (χ0n) is 3.62. The first-order chi connectivity index (χ1) is 2.41. The molecule has 0 radical (unpaired) electrons. The number of hydrogen-bond donors (Lipinski definition) is 0. The van der Waals surface area contributed by atoms with E-state index in [0.29, 0.717) is 0 Å². The molecule has 26 valence electrons. The van der Waals surface area contributed by atoms with Crippen LogP contribution >= 0.6 is 0 Å². The van der Waals surface area contributed by atoms with E-state index in [4.69, 9.17) is 0 Å².